The van der Waals surface area contributed by atoms with Gasteiger partial charge in [-0.3, -0.25) is 10.1 Å². The topological polar surface area (TPSA) is 115 Å². The highest BCUT2D eigenvalue weighted by atomic mass is 16.5. The number of aromatic nitrogens is 3. The number of nitrogens with one attached hydrogen (secondary N) is 2. The van der Waals surface area contributed by atoms with Gasteiger partial charge in [-0.05, 0) is 43.9 Å². The number of carbonyl (C=O) groups is 3. The number of rotatable bonds is 5. The molecule has 3 amide bonds. The highest BCUT2D eigenvalue weighted by Crippen LogP contribution is 2.23. The van der Waals surface area contributed by atoms with Crippen LogP contribution in [0.3, 0.4) is 0 Å². The standard InChI is InChI=1S/C19H25N5O4/c1-3-24-16-9-8-13(10-15(16)22-23-24)18(26)28-11-17(25)21-19(27)20-14-7-5-4-6-12(14)2/h8-10,12,14H,3-7,11H2,1-2H3,(H2,20,21,25,27)/t12-,14-/m1/s1. The first kappa shape index (κ1) is 19.8. The van der Waals surface area contributed by atoms with Gasteiger partial charge in [0, 0.05) is 12.6 Å². The van der Waals surface area contributed by atoms with Crippen LogP contribution in [0.1, 0.15) is 49.9 Å². The molecular weight excluding hydrogens is 362 g/mol. The van der Waals surface area contributed by atoms with Gasteiger partial charge >= 0.3 is 12.0 Å². The highest BCUT2D eigenvalue weighted by molar-refractivity contribution is 5.98. The third kappa shape index (κ3) is 4.65. The molecule has 2 N–H and O–H groups in total. The zero-order chi connectivity index (χ0) is 20.1. The monoisotopic (exact) mass is 387 g/mol. The number of esters is 1. The molecule has 9 nitrogen and oxygen atoms in total. The molecule has 1 aliphatic carbocycles. The molecular formula is C19H25N5O4. The van der Waals surface area contributed by atoms with E-state index in [-0.39, 0.29) is 11.6 Å². The van der Waals surface area contributed by atoms with Crippen molar-refractivity contribution in [3.05, 3.63) is 23.8 Å². The van der Waals surface area contributed by atoms with E-state index in [1.54, 1.807) is 22.9 Å². The van der Waals surface area contributed by atoms with Crippen molar-refractivity contribution >= 4 is 28.9 Å². The lowest BCUT2D eigenvalue weighted by Gasteiger charge is -2.29. The van der Waals surface area contributed by atoms with Gasteiger partial charge in [0.15, 0.2) is 6.61 Å². The first-order valence-corrected chi connectivity index (χ1v) is 9.58. The number of imide groups is 1. The van der Waals surface area contributed by atoms with Gasteiger partial charge in [-0.15, -0.1) is 5.10 Å². The van der Waals surface area contributed by atoms with Gasteiger partial charge in [0.1, 0.15) is 5.52 Å². The molecule has 1 aliphatic rings. The second kappa shape index (κ2) is 8.81. The molecule has 0 bridgehead atoms. The fraction of sp³-hybridized carbons (Fsp3) is 0.526. The van der Waals surface area contributed by atoms with Crippen LogP contribution in [0.2, 0.25) is 0 Å². The largest absolute Gasteiger partial charge is 0.452 e. The molecule has 0 radical (unpaired) electrons. The number of amides is 3. The molecule has 150 valence electrons. The van der Waals surface area contributed by atoms with Crippen LogP contribution in [0.25, 0.3) is 11.0 Å². The molecule has 1 aromatic carbocycles. The van der Waals surface area contributed by atoms with Gasteiger partial charge in [0.2, 0.25) is 0 Å². The summed E-state index contributed by atoms with van der Waals surface area (Å²) in [5, 5.41) is 13.0. The Morgan fingerprint density at radius 3 is 2.79 bits per heavy atom. The van der Waals surface area contributed by atoms with Crippen LogP contribution in [0.4, 0.5) is 4.79 Å². The van der Waals surface area contributed by atoms with Crippen molar-refractivity contribution in [2.24, 2.45) is 5.92 Å². The molecule has 2 aromatic rings. The summed E-state index contributed by atoms with van der Waals surface area (Å²) in [6, 6.07) is 4.39. The summed E-state index contributed by atoms with van der Waals surface area (Å²) in [4.78, 5) is 36.0. The van der Waals surface area contributed by atoms with E-state index in [0.29, 0.717) is 18.0 Å². The molecule has 28 heavy (non-hydrogen) atoms. The van der Waals surface area contributed by atoms with Gasteiger partial charge in [0.25, 0.3) is 5.91 Å². The molecule has 1 heterocycles. The average molecular weight is 387 g/mol. The van der Waals surface area contributed by atoms with E-state index in [1.807, 2.05) is 6.92 Å². The Hall–Kier alpha value is -2.97. The summed E-state index contributed by atoms with van der Waals surface area (Å²) in [6.45, 7) is 4.16. The van der Waals surface area contributed by atoms with Crippen LogP contribution in [0.5, 0.6) is 0 Å². The second-order valence-corrected chi connectivity index (χ2v) is 7.07. The minimum Gasteiger partial charge on any atom is -0.452 e. The molecule has 0 unspecified atom stereocenters. The van der Waals surface area contributed by atoms with Gasteiger partial charge in [-0.25, -0.2) is 14.3 Å². The lowest BCUT2D eigenvalue weighted by atomic mass is 9.86. The van der Waals surface area contributed by atoms with Gasteiger partial charge in [-0.1, -0.05) is 25.0 Å². The predicted molar refractivity (Wildman–Crippen MR) is 102 cm³/mol. The molecule has 9 heteroatoms. The quantitative estimate of drug-likeness (QED) is 0.759. The third-order valence-corrected chi connectivity index (χ3v) is 5.06. The first-order chi connectivity index (χ1) is 13.5. The Kier molecular flexibility index (Phi) is 6.23. The number of aryl methyl sites for hydroxylation is 1. The molecule has 0 saturated heterocycles. The van der Waals surface area contributed by atoms with Gasteiger partial charge < -0.3 is 10.1 Å². The van der Waals surface area contributed by atoms with Crippen LogP contribution >= 0.6 is 0 Å². The zero-order valence-electron chi connectivity index (χ0n) is 16.1. The Morgan fingerprint density at radius 1 is 1.25 bits per heavy atom. The van der Waals surface area contributed by atoms with Crippen molar-refractivity contribution in [1.29, 1.82) is 0 Å². The van der Waals surface area contributed by atoms with E-state index in [9.17, 15) is 14.4 Å². The van der Waals surface area contributed by atoms with E-state index < -0.39 is 24.5 Å². The number of benzene rings is 1. The number of nitrogens with zero attached hydrogens (tertiary/aromatic N) is 3. The van der Waals surface area contributed by atoms with E-state index >= 15 is 0 Å². The van der Waals surface area contributed by atoms with Crippen LogP contribution in [0, 0.1) is 5.92 Å². The SMILES string of the molecule is CCn1nnc2cc(C(=O)OCC(=O)NC(=O)N[C@@H]3CCCC[C@H]3C)ccc21. The molecule has 0 spiro atoms. The maximum atomic E-state index is 12.2. The van der Waals surface area contributed by atoms with Crippen molar-refractivity contribution in [3.63, 3.8) is 0 Å². The lowest BCUT2D eigenvalue weighted by Crippen LogP contribution is -2.48. The van der Waals surface area contributed by atoms with Crippen molar-refractivity contribution < 1.29 is 19.1 Å². The smallest absolute Gasteiger partial charge is 0.338 e. The summed E-state index contributed by atoms with van der Waals surface area (Å²) in [7, 11) is 0. The maximum Gasteiger partial charge on any atom is 0.338 e. The van der Waals surface area contributed by atoms with Gasteiger partial charge in [0.05, 0.1) is 11.1 Å². The summed E-state index contributed by atoms with van der Waals surface area (Å²) in [5.74, 6) is -0.954. The Labute approximate surface area is 162 Å². The van der Waals surface area contributed by atoms with Crippen molar-refractivity contribution in [2.45, 2.75) is 52.1 Å². The first-order valence-electron chi connectivity index (χ1n) is 9.58. The number of ether oxygens (including phenoxy) is 1. The number of hydrogen-bond acceptors (Lipinski definition) is 6. The van der Waals surface area contributed by atoms with Gasteiger partial charge in [-0.2, -0.15) is 0 Å². The minimum atomic E-state index is -0.674. The van der Waals surface area contributed by atoms with Crippen molar-refractivity contribution in [1.82, 2.24) is 25.6 Å². The maximum absolute atomic E-state index is 12.2. The zero-order valence-corrected chi connectivity index (χ0v) is 16.1. The number of hydrogen-bond donors (Lipinski definition) is 2. The molecule has 1 saturated carbocycles. The van der Waals surface area contributed by atoms with Crippen LogP contribution < -0.4 is 10.6 Å². The normalized spacial score (nSPS) is 19.2. The third-order valence-electron chi connectivity index (χ3n) is 5.06. The van der Waals surface area contributed by atoms with Crippen molar-refractivity contribution in [3.8, 4) is 0 Å². The number of fused-ring (bicyclic) bond motifs is 1. The van der Waals surface area contributed by atoms with E-state index in [4.69, 9.17) is 4.74 Å². The van der Waals surface area contributed by atoms with Crippen molar-refractivity contribution in [2.75, 3.05) is 6.61 Å². The summed E-state index contributed by atoms with van der Waals surface area (Å²) in [6.07, 6.45) is 4.20. The molecule has 3 rings (SSSR count). The Bertz CT molecular complexity index is 878. The molecule has 2 atom stereocenters. The minimum absolute atomic E-state index is 0.0624. The van der Waals surface area contributed by atoms with Crippen LogP contribution in [0.15, 0.2) is 18.2 Å². The van der Waals surface area contributed by atoms with Crippen LogP contribution in [-0.4, -0.2) is 45.6 Å². The lowest BCUT2D eigenvalue weighted by molar-refractivity contribution is -0.123. The molecule has 0 aliphatic heterocycles. The Morgan fingerprint density at radius 2 is 2.04 bits per heavy atom. The van der Waals surface area contributed by atoms with E-state index in [1.165, 1.54) is 0 Å². The molecule has 1 aromatic heterocycles. The fourth-order valence-electron chi connectivity index (χ4n) is 3.45. The fourth-order valence-corrected chi connectivity index (χ4v) is 3.45. The van der Waals surface area contributed by atoms with E-state index in [2.05, 4.69) is 27.9 Å². The number of carbonyl (C=O) groups excluding carboxylic acids is 3. The summed E-state index contributed by atoms with van der Waals surface area (Å²) >= 11 is 0. The second-order valence-electron chi connectivity index (χ2n) is 7.07. The molecule has 1 fully saturated rings. The van der Waals surface area contributed by atoms with Crippen LogP contribution in [-0.2, 0) is 16.1 Å². The summed E-state index contributed by atoms with van der Waals surface area (Å²) < 4.78 is 6.71. The predicted octanol–water partition coefficient (Wildman–Crippen LogP) is 2.01. The number of urea groups is 1. The average Bonchev–Trinajstić information content (AvgIpc) is 3.10. The summed E-state index contributed by atoms with van der Waals surface area (Å²) in [5.41, 5.74) is 1.65. The highest BCUT2D eigenvalue weighted by Gasteiger charge is 2.23. The van der Waals surface area contributed by atoms with E-state index in [0.717, 1.165) is 31.2 Å². The Balaban J connectivity index is 1.48.